The van der Waals surface area contributed by atoms with Crippen molar-refractivity contribution in [1.29, 1.82) is 0 Å². The number of aryl methyl sites for hydroxylation is 2. The zero-order valence-corrected chi connectivity index (χ0v) is 10.1. The molecule has 0 unspecified atom stereocenters. The monoisotopic (exact) mass is 235 g/mol. The molecular formula is C12H17N3O2. The molecule has 0 radical (unpaired) electrons. The summed E-state index contributed by atoms with van der Waals surface area (Å²) in [5.41, 5.74) is 0.924. The van der Waals surface area contributed by atoms with Crippen LogP contribution in [-0.2, 0) is 4.79 Å². The number of hydrogen-bond acceptors (Lipinski definition) is 4. The third-order valence-electron chi connectivity index (χ3n) is 3.10. The number of nitrogens with one attached hydrogen (secondary N) is 1. The number of carboxylic acid groups (broad SMARTS) is 1. The molecule has 0 bridgehead atoms. The Bertz CT molecular complexity index is 414. The van der Waals surface area contributed by atoms with Crippen molar-refractivity contribution in [3.05, 3.63) is 17.6 Å². The van der Waals surface area contributed by atoms with Gasteiger partial charge in [-0.15, -0.1) is 0 Å². The van der Waals surface area contributed by atoms with E-state index in [1.165, 1.54) is 0 Å². The standard InChI is InChI=1S/C12H17N3O2/c1-7-5-11(14-8(2)13-7)15-10-4-3-9(6-10)12(16)17/h5,9-10H,3-4,6H2,1-2H3,(H,16,17)(H,13,14,15)/t9-,10+/m1/s1. The van der Waals surface area contributed by atoms with E-state index in [0.717, 1.165) is 30.2 Å². The fourth-order valence-corrected chi connectivity index (χ4v) is 2.34. The lowest BCUT2D eigenvalue weighted by atomic mass is 10.1. The Kier molecular flexibility index (Phi) is 3.26. The fraction of sp³-hybridized carbons (Fsp3) is 0.583. The van der Waals surface area contributed by atoms with Gasteiger partial charge in [0.2, 0.25) is 0 Å². The second-order valence-corrected chi connectivity index (χ2v) is 4.63. The molecule has 2 atom stereocenters. The lowest BCUT2D eigenvalue weighted by Gasteiger charge is -2.13. The SMILES string of the molecule is Cc1cc(N[C@H]2CC[C@@H](C(=O)O)C2)nc(C)n1. The summed E-state index contributed by atoms with van der Waals surface area (Å²) in [6.45, 7) is 3.78. The molecule has 1 aromatic heterocycles. The van der Waals surface area contributed by atoms with Crippen molar-refractivity contribution in [2.75, 3.05) is 5.32 Å². The molecular weight excluding hydrogens is 218 g/mol. The molecule has 92 valence electrons. The van der Waals surface area contributed by atoms with E-state index in [1.807, 2.05) is 19.9 Å². The van der Waals surface area contributed by atoms with Crippen LogP contribution in [-0.4, -0.2) is 27.1 Å². The second-order valence-electron chi connectivity index (χ2n) is 4.63. The quantitative estimate of drug-likeness (QED) is 0.835. The van der Waals surface area contributed by atoms with Gasteiger partial charge >= 0.3 is 5.97 Å². The topological polar surface area (TPSA) is 75.1 Å². The predicted octanol–water partition coefficient (Wildman–Crippen LogP) is 1.76. The molecule has 1 aliphatic rings. The van der Waals surface area contributed by atoms with E-state index in [2.05, 4.69) is 15.3 Å². The number of hydrogen-bond donors (Lipinski definition) is 2. The van der Waals surface area contributed by atoms with Gasteiger partial charge in [-0.3, -0.25) is 4.79 Å². The van der Waals surface area contributed by atoms with Gasteiger partial charge in [-0.25, -0.2) is 9.97 Å². The van der Waals surface area contributed by atoms with Crippen LogP contribution in [0.1, 0.15) is 30.8 Å². The zero-order chi connectivity index (χ0) is 12.4. The molecule has 17 heavy (non-hydrogen) atoms. The van der Waals surface area contributed by atoms with Gasteiger partial charge in [0.1, 0.15) is 11.6 Å². The maximum Gasteiger partial charge on any atom is 0.306 e. The number of anilines is 1. The molecule has 5 heteroatoms. The summed E-state index contributed by atoms with van der Waals surface area (Å²) in [4.78, 5) is 19.4. The minimum absolute atomic E-state index is 0.212. The molecule has 0 amide bonds. The summed E-state index contributed by atoms with van der Waals surface area (Å²) in [6.07, 6.45) is 2.31. The van der Waals surface area contributed by atoms with Crippen molar-refractivity contribution in [3.8, 4) is 0 Å². The normalized spacial score (nSPS) is 23.6. The number of rotatable bonds is 3. The van der Waals surface area contributed by atoms with Crippen molar-refractivity contribution in [2.24, 2.45) is 5.92 Å². The van der Waals surface area contributed by atoms with Gasteiger partial charge in [0, 0.05) is 17.8 Å². The highest BCUT2D eigenvalue weighted by Gasteiger charge is 2.29. The minimum Gasteiger partial charge on any atom is -0.481 e. The Morgan fingerprint density at radius 2 is 2.18 bits per heavy atom. The average molecular weight is 235 g/mol. The van der Waals surface area contributed by atoms with E-state index < -0.39 is 5.97 Å². The van der Waals surface area contributed by atoms with Crippen molar-refractivity contribution in [2.45, 2.75) is 39.2 Å². The minimum atomic E-state index is -0.690. The number of carboxylic acids is 1. The molecule has 0 aromatic carbocycles. The van der Waals surface area contributed by atoms with Crippen LogP contribution in [0.2, 0.25) is 0 Å². The Hall–Kier alpha value is -1.65. The first kappa shape index (κ1) is 11.8. The molecule has 0 aliphatic heterocycles. The molecule has 1 aromatic rings. The van der Waals surface area contributed by atoms with E-state index in [9.17, 15) is 4.79 Å². The van der Waals surface area contributed by atoms with Gasteiger partial charge in [0.15, 0.2) is 0 Å². The Morgan fingerprint density at radius 1 is 1.41 bits per heavy atom. The molecule has 1 aliphatic carbocycles. The van der Waals surface area contributed by atoms with Gasteiger partial charge < -0.3 is 10.4 Å². The largest absolute Gasteiger partial charge is 0.481 e. The predicted molar refractivity (Wildman–Crippen MR) is 63.9 cm³/mol. The summed E-state index contributed by atoms with van der Waals surface area (Å²) < 4.78 is 0. The second kappa shape index (κ2) is 4.69. The number of aromatic nitrogens is 2. The Labute approximate surface area is 100 Å². The van der Waals surface area contributed by atoms with Gasteiger partial charge in [-0.2, -0.15) is 0 Å². The van der Waals surface area contributed by atoms with Crippen LogP contribution in [0.4, 0.5) is 5.82 Å². The summed E-state index contributed by atoms with van der Waals surface area (Å²) in [6, 6.07) is 2.10. The van der Waals surface area contributed by atoms with E-state index in [0.29, 0.717) is 6.42 Å². The highest BCUT2D eigenvalue weighted by atomic mass is 16.4. The van der Waals surface area contributed by atoms with Gasteiger partial charge in [0.25, 0.3) is 0 Å². The molecule has 0 spiro atoms. The van der Waals surface area contributed by atoms with E-state index in [1.54, 1.807) is 0 Å². The van der Waals surface area contributed by atoms with Crippen molar-refractivity contribution in [1.82, 2.24) is 9.97 Å². The molecule has 5 nitrogen and oxygen atoms in total. The molecule has 2 rings (SSSR count). The summed E-state index contributed by atoms with van der Waals surface area (Å²) in [7, 11) is 0. The molecule has 2 N–H and O–H groups in total. The zero-order valence-electron chi connectivity index (χ0n) is 10.1. The van der Waals surface area contributed by atoms with Crippen molar-refractivity contribution >= 4 is 11.8 Å². The first-order valence-electron chi connectivity index (χ1n) is 5.86. The highest BCUT2D eigenvalue weighted by molar-refractivity contribution is 5.70. The lowest BCUT2D eigenvalue weighted by molar-refractivity contribution is -0.141. The number of carbonyl (C=O) groups is 1. The smallest absolute Gasteiger partial charge is 0.306 e. The van der Waals surface area contributed by atoms with Crippen LogP contribution in [0.3, 0.4) is 0 Å². The fourth-order valence-electron chi connectivity index (χ4n) is 2.34. The molecule has 0 saturated heterocycles. The van der Waals surface area contributed by atoms with Gasteiger partial charge in [0.05, 0.1) is 5.92 Å². The van der Waals surface area contributed by atoms with Crippen molar-refractivity contribution < 1.29 is 9.90 Å². The van der Waals surface area contributed by atoms with Crippen molar-refractivity contribution in [3.63, 3.8) is 0 Å². The van der Waals surface area contributed by atoms with Crippen LogP contribution >= 0.6 is 0 Å². The first-order valence-corrected chi connectivity index (χ1v) is 5.86. The summed E-state index contributed by atoms with van der Waals surface area (Å²) in [5, 5.41) is 12.2. The van der Waals surface area contributed by atoms with Crippen LogP contribution < -0.4 is 5.32 Å². The van der Waals surface area contributed by atoms with Crippen LogP contribution in [0.15, 0.2) is 6.07 Å². The Balaban J connectivity index is 2.00. The third kappa shape index (κ3) is 2.93. The molecule has 1 fully saturated rings. The lowest BCUT2D eigenvalue weighted by Crippen LogP contribution is -2.19. The highest BCUT2D eigenvalue weighted by Crippen LogP contribution is 2.27. The van der Waals surface area contributed by atoms with Crippen LogP contribution in [0.25, 0.3) is 0 Å². The van der Waals surface area contributed by atoms with Gasteiger partial charge in [-0.1, -0.05) is 0 Å². The maximum absolute atomic E-state index is 10.9. The molecule has 1 saturated carbocycles. The first-order chi connectivity index (χ1) is 8.04. The van der Waals surface area contributed by atoms with E-state index in [4.69, 9.17) is 5.11 Å². The van der Waals surface area contributed by atoms with E-state index >= 15 is 0 Å². The maximum atomic E-state index is 10.9. The van der Waals surface area contributed by atoms with Gasteiger partial charge in [-0.05, 0) is 33.1 Å². The summed E-state index contributed by atoms with van der Waals surface area (Å²) in [5.74, 6) is 0.632. The number of nitrogens with zero attached hydrogens (tertiary/aromatic N) is 2. The average Bonchev–Trinajstić information content (AvgIpc) is 2.64. The van der Waals surface area contributed by atoms with Crippen LogP contribution in [0.5, 0.6) is 0 Å². The Morgan fingerprint density at radius 3 is 2.76 bits per heavy atom. The third-order valence-corrected chi connectivity index (χ3v) is 3.10. The molecule has 1 heterocycles. The summed E-state index contributed by atoms with van der Waals surface area (Å²) >= 11 is 0. The van der Waals surface area contributed by atoms with Crippen LogP contribution in [0, 0.1) is 19.8 Å². The van der Waals surface area contributed by atoms with E-state index in [-0.39, 0.29) is 12.0 Å². The number of aliphatic carboxylic acids is 1.